The van der Waals surface area contributed by atoms with Gasteiger partial charge in [0.15, 0.2) is 0 Å². The van der Waals surface area contributed by atoms with Crippen molar-refractivity contribution in [1.82, 2.24) is 29.9 Å². The zero-order valence-corrected chi connectivity index (χ0v) is 18.9. The molecule has 1 atom stereocenters. The van der Waals surface area contributed by atoms with Gasteiger partial charge >= 0.3 is 0 Å². The van der Waals surface area contributed by atoms with Crippen LogP contribution in [0.1, 0.15) is 30.3 Å². The summed E-state index contributed by atoms with van der Waals surface area (Å²) in [5.41, 5.74) is 3.38. The van der Waals surface area contributed by atoms with Gasteiger partial charge in [-0.25, -0.2) is 4.98 Å². The van der Waals surface area contributed by atoms with E-state index in [0.717, 1.165) is 63.5 Å². The number of likely N-dealkylation sites (N-methyl/N-ethyl adjacent to an activating group) is 1. The number of piperazine rings is 1. The standard InChI is InChI=1S/C25H29N7O/c1-30-11-13-31(14-12-30)23-9-8-18(15-27-23)24-28-25(33-29-24)22-7-4-10-32(22)17-19-16-26-21-6-3-2-5-20(19)21/h2-3,5-6,8-9,15-16,22,26H,4,7,10-14,17H2,1H3/t22-/m0/s1. The topological polar surface area (TPSA) is 77.3 Å². The summed E-state index contributed by atoms with van der Waals surface area (Å²) in [5, 5.41) is 5.56. The van der Waals surface area contributed by atoms with Crippen molar-refractivity contribution in [3.63, 3.8) is 0 Å². The molecule has 0 amide bonds. The minimum atomic E-state index is 0.150. The van der Waals surface area contributed by atoms with Gasteiger partial charge in [-0.15, -0.1) is 0 Å². The fourth-order valence-electron chi connectivity index (χ4n) is 5.01. The van der Waals surface area contributed by atoms with Crippen molar-refractivity contribution in [2.75, 3.05) is 44.7 Å². The molecular formula is C25H29N7O. The number of likely N-dealkylation sites (tertiary alicyclic amines) is 1. The van der Waals surface area contributed by atoms with Crippen LogP contribution in [0, 0.1) is 0 Å². The molecule has 0 aliphatic carbocycles. The summed E-state index contributed by atoms with van der Waals surface area (Å²) in [6.07, 6.45) is 6.14. The van der Waals surface area contributed by atoms with E-state index in [9.17, 15) is 0 Å². The van der Waals surface area contributed by atoms with Crippen molar-refractivity contribution < 1.29 is 4.52 Å². The molecule has 6 rings (SSSR count). The first kappa shape index (κ1) is 20.4. The molecule has 33 heavy (non-hydrogen) atoms. The number of rotatable bonds is 5. The number of aromatic amines is 1. The van der Waals surface area contributed by atoms with Gasteiger partial charge in [-0.2, -0.15) is 4.98 Å². The second-order valence-corrected chi connectivity index (χ2v) is 9.14. The van der Waals surface area contributed by atoms with Crippen molar-refractivity contribution in [1.29, 1.82) is 0 Å². The molecule has 2 aliphatic rings. The summed E-state index contributed by atoms with van der Waals surface area (Å²) in [5.74, 6) is 2.32. The Morgan fingerprint density at radius 3 is 2.79 bits per heavy atom. The van der Waals surface area contributed by atoms with E-state index in [2.05, 4.69) is 73.4 Å². The third-order valence-corrected chi connectivity index (χ3v) is 6.97. The number of hydrogen-bond acceptors (Lipinski definition) is 7. The predicted octanol–water partition coefficient (Wildman–Crippen LogP) is 3.70. The largest absolute Gasteiger partial charge is 0.361 e. The molecule has 170 valence electrons. The normalized spacial score (nSPS) is 20.2. The van der Waals surface area contributed by atoms with Crippen LogP contribution in [0.4, 0.5) is 5.82 Å². The summed E-state index contributed by atoms with van der Waals surface area (Å²) in [7, 11) is 2.16. The van der Waals surface area contributed by atoms with Crippen LogP contribution in [0.3, 0.4) is 0 Å². The number of para-hydroxylation sites is 1. The van der Waals surface area contributed by atoms with Gasteiger partial charge in [-0.3, -0.25) is 4.90 Å². The van der Waals surface area contributed by atoms with Crippen LogP contribution in [-0.4, -0.2) is 69.7 Å². The lowest BCUT2D eigenvalue weighted by molar-refractivity contribution is 0.202. The molecule has 0 bridgehead atoms. The van der Waals surface area contributed by atoms with E-state index < -0.39 is 0 Å². The molecular weight excluding hydrogens is 414 g/mol. The number of pyridine rings is 1. The predicted molar refractivity (Wildman–Crippen MR) is 128 cm³/mol. The van der Waals surface area contributed by atoms with E-state index in [1.165, 1.54) is 16.5 Å². The Hall–Kier alpha value is -3.23. The maximum absolute atomic E-state index is 5.74. The van der Waals surface area contributed by atoms with E-state index >= 15 is 0 Å². The average molecular weight is 444 g/mol. The average Bonchev–Trinajstić information content (AvgIpc) is 3.60. The van der Waals surface area contributed by atoms with Gasteiger partial charge in [0.05, 0.1) is 6.04 Å². The minimum absolute atomic E-state index is 0.150. The molecule has 8 heteroatoms. The van der Waals surface area contributed by atoms with Crippen LogP contribution in [0.2, 0.25) is 0 Å². The maximum Gasteiger partial charge on any atom is 0.244 e. The highest BCUT2D eigenvalue weighted by atomic mass is 16.5. The van der Waals surface area contributed by atoms with Gasteiger partial charge in [0.2, 0.25) is 11.7 Å². The van der Waals surface area contributed by atoms with Gasteiger partial charge < -0.3 is 19.3 Å². The van der Waals surface area contributed by atoms with Crippen molar-refractivity contribution in [3.8, 4) is 11.4 Å². The van der Waals surface area contributed by atoms with Gasteiger partial charge in [-0.1, -0.05) is 23.4 Å². The Morgan fingerprint density at radius 1 is 1.06 bits per heavy atom. The molecule has 2 fully saturated rings. The summed E-state index contributed by atoms with van der Waals surface area (Å²) >= 11 is 0. The zero-order valence-electron chi connectivity index (χ0n) is 18.9. The number of nitrogens with one attached hydrogen (secondary N) is 1. The summed E-state index contributed by atoms with van der Waals surface area (Å²) in [6, 6.07) is 12.7. The Balaban J connectivity index is 1.17. The lowest BCUT2D eigenvalue weighted by Gasteiger charge is -2.33. The van der Waals surface area contributed by atoms with Crippen LogP contribution < -0.4 is 4.90 Å². The van der Waals surface area contributed by atoms with Crippen molar-refractivity contribution in [2.45, 2.75) is 25.4 Å². The fraction of sp³-hybridized carbons (Fsp3) is 0.400. The minimum Gasteiger partial charge on any atom is -0.361 e. The van der Waals surface area contributed by atoms with E-state index in [-0.39, 0.29) is 6.04 Å². The van der Waals surface area contributed by atoms with Crippen LogP contribution in [0.5, 0.6) is 0 Å². The molecule has 4 aromatic rings. The highest BCUT2D eigenvalue weighted by Crippen LogP contribution is 2.34. The highest BCUT2D eigenvalue weighted by Gasteiger charge is 2.31. The van der Waals surface area contributed by atoms with Gasteiger partial charge in [0.1, 0.15) is 5.82 Å². The number of fused-ring (bicyclic) bond motifs is 1. The second kappa shape index (κ2) is 8.61. The number of aromatic nitrogens is 4. The van der Waals surface area contributed by atoms with E-state index in [1.807, 2.05) is 12.3 Å². The maximum atomic E-state index is 5.74. The third-order valence-electron chi connectivity index (χ3n) is 6.97. The molecule has 0 saturated carbocycles. The Labute approximate surface area is 193 Å². The lowest BCUT2D eigenvalue weighted by Crippen LogP contribution is -2.44. The first-order valence-electron chi connectivity index (χ1n) is 11.8. The lowest BCUT2D eigenvalue weighted by atomic mass is 10.1. The molecule has 2 saturated heterocycles. The summed E-state index contributed by atoms with van der Waals surface area (Å²) in [4.78, 5) is 19.9. The van der Waals surface area contributed by atoms with Crippen LogP contribution in [0.15, 0.2) is 53.3 Å². The first-order valence-corrected chi connectivity index (χ1v) is 11.8. The van der Waals surface area contributed by atoms with E-state index in [0.29, 0.717) is 11.7 Å². The van der Waals surface area contributed by atoms with Gasteiger partial charge in [-0.05, 0) is 50.2 Å². The van der Waals surface area contributed by atoms with E-state index in [4.69, 9.17) is 9.51 Å². The highest BCUT2D eigenvalue weighted by molar-refractivity contribution is 5.83. The SMILES string of the molecule is CN1CCN(c2ccc(-c3noc([C@@H]4CCCN4Cc4c[nH]c5ccccc45)n3)cn2)CC1. The number of benzene rings is 1. The quantitative estimate of drug-likeness (QED) is 0.504. The number of H-pyrrole nitrogens is 1. The Bertz CT molecular complexity index is 1220. The monoisotopic (exact) mass is 443 g/mol. The van der Waals surface area contributed by atoms with Crippen molar-refractivity contribution in [2.24, 2.45) is 0 Å². The first-order chi connectivity index (χ1) is 16.2. The zero-order chi connectivity index (χ0) is 22.2. The summed E-state index contributed by atoms with van der Waals surface area (Å²) in [6.45, 7) is 6.03. The number of hydrogen-bond donors (Lipinski definition) is 1. The number of nitrogens with zero attached hydrogens (tertiary/aromatic N) is 6. The molecule has 3 aromatic heterocycles. The molecule has 1 N–H and O–H groups in total. The van der Waals surface area contributed by atoms with Crippen LogP contribution in [-0.2, 0) is 6.54 Å². The number of anilines is 1. The second-order valence-electron chi connectivity index (χ2n) is 9.14. The summed E-state index contributed by atoms with van der Waals surface area (Å²) < 4.78 is 5.74. The molecule has 2 aliphatic heterocycles. The molecule has 0 radical (unpaired) electrons. The van der Waals surface area contributed by atoms with Crippen molar-refractivity contribution in [3.05, 3.63) is 60.2 Å². The molecule has 0 unspecified atom stereocenters. The molecule has 1 aromatic carbocycles. The Morgan fingerprint density at radius 2 is 1.94 bits per heavy atom. The van der Waals surface area contributed by atoms with E-state index in [1.54, 1.807) is 0 Å². The molecule has 5 heterocycles. The smallest absolute Gasteiger partial charge is 0.244 e. The fourth-order valence-corrected chi connectivity index (χ4v) is 5.01. The van der Waals surface area contributed by atoms with Crippen LogP contribution in [0.25, 0.3) is 22.3 Å². The van der Waals surface area contributed by atoms with Gasteiger partial charge in [0, 0.05) is 61.6 Å². The van der Waals surface area contributed by atoms with Crippen molar-refractivity contribution >= 4 is 16.7 Å². The van der Waals surface area contributed by atoms with Gasteiger partial charge in [0.25, 0.3) is 0 Å². The Kier molecular flexibility index (Phi) is 5.32. The van der Waals surface area contributed by atoms with Crippen LogP contribution >= 0.6 is 0 Å². The molecule has 8 nitrogen and oxygen atoms in total. The molecule has 0 spiro atoms. The third kappa shape index (κ3) is 4.00.